The number of rotatable bonds is 6. The Morgan fingerprint density at radius 2 is 2.19 bits per heavy atom. The van der Waals surface area contributed by atoms with E-state index in [0.717, 1.165) is 23.9 Å². The van der Waals surface area contributed by atoms with E-state index < -0.39 is 0 Å². The average Bonchev–Trinajstić information content (AvgIpc) is 3.07. The summed E-state index contributed by atoms with van der Waals surface area (Å²) >= 11 is 0. The topological polar surface area (TPSA) is 64.4 Å². The molecule has 0 heterocycles. The summed E-state index contributed by atoms with van der Waals surface area (Å²) in [6, 6.07) is 5.46. The first-order valence-electron chi connectivity index (χ1n) is 7.84. The molecule has 114 valence electrons. The van der Waals surface area contributed by atoms with Gasteiger partial charge in [0.1, 0.15) is 5.75 Å². The molecule has 5 nitrogen and oxygen atoms in total. The molecule has 3 unspecified atom stereocenters. The van der Waals surface area contributed by atoms with Crippen LogP contribution < -0.4 is 10.1 Å². The van der Waals surface area contributed by atoms with Crippen molar-refractivity contribution in [2.75, 3.05) is 11.9 Å². The second-order valence-electron chi connectivity index (χ2n) is 6.25. The molecule has 1 N–H and O–H groups in total. The van der Waals surface area contributed by atoms with Crippen LogP contribution in [0.5, 0.6) is 5.75 Å². The van der Waals surface area contributed by atoms with Crippen molar-refractivity contribution in [3.05, 3.63) is 28.3 Å². The van der Waals surface area contributed by atoms with Crippen LogP contribution in [-0.2, 0) is 0 Å². The number of non-ortho nitro benzene ring substituents is 1. The van der Waals surface area contributed by atoms with E-state index in [9.17, 15) is 10.1 Å². The Morgan fingerprint density at radius 3 is 2.81 bits per heavy atom. The molecule has 0 radical (unpaired) electrons. The summed E-state index contributed by atoms with van der Waals surface area (Å²) in [6.45, 7) is 2.60. The lowest BCUT2D eigenvalue weighted by Crippen LogP contribution is -2.25. The zero-order valence-corrected chi connectivity index (χ0v) is 12.4. The molecule has 2 bridgehead atoms. The number of nitrogens with zero attached hydrogens (tertiary/aromatic N) is 1. The molecular formula is C16H22N2O3. The summed E-state index contributed by atoms with van der Waals surface area (Å²) < 4.78 is 5.57. The fraction of sp³-hybridized carbons (Fsp3) is 0.625. The van der Waals surface area contributed by atoms with Gasteiger partial charge in [0, 0.05) is 23.9 Å². The van der Waals surface area contributed by atoms with Gasteiger partial charge in [0.25, 0.3) is 5.69 Å². The Labute approximate surface area is 124 Å². The molecule has 0 spiro atoms. The minimum atomic E-state index is -0.356. The minimum Gasteiger partial charge on any atom is -0.493 e. The first kappa shape index (κ1) is 14.2. The van der Waals surface area contributed by atoms with E-state index in [1.54, 1.807) is 6.07 Å². The third kappa shape index (κ3) is 3.12. The van der Waals surface area contributed by atoms with Crippen molar-refractivity contribution < 1.29 is 9.66 Å². The Hall–Kier alpha value is -1.78. The van der Waals surface area contributed by atoms with Gasteiger partial charge in [0.15, 0.2) is 0 Å². The highest BCUT2D eigenvalue weighted by atomic mass is 16.6. The summed E-state index contributed by atoms with van der Waals surface area (Å²) in [7, 11) is 0. The number of nitro groups is 1. The van der Waals surface area contributed by atoms with Gasteiger partial charge >= 0.3 is 0 Å². The van der Waals surface area contributed by atoms with Crippen LogP contribution in [-0.4, -0.2) is 17.6 Å². The number of hydrogen-bond acceptors (Lipinski definition) is 4. The number of fused-ring (bicyclic) bond motifs is 2. The van der Waals surface area contributed by atoms with Crippen molar-refractivity contribution in [1.29, 1.82) is 0 Å². The lowest BCUT2D eigenvalue weighted by atomic mass is 9.95. The van der Waals surface area contributed by atoms with Crippen molar-refractivity contribution in [3.63, 3.8) is 0 Å². The van der Waals surface area contributed by atoms with E-state index in [1.807, 2.05) is 13.0 Å². The molecule has 2 aliphatic carbocycles. The maximum absolute atomic E-state index is 11.1. The minimum absolute atomic E-state index is 0.0919. The number of nitrogens with one attached hydrogen (secondary N) is 1. The highest BCUT2D eigenvalue weighted by Gasteiger charge is 2.39. The van der Waals surface area contributed by atoms with Gasteiger partial charge in [-0.15, -0.1) is 0 Å². The van der Waals surface area contributed by atoms with Crippen LogP contribution in [0, 0.1) is 22.0 Å². The predicted octanol–water partition coefficient (Wildman–Crippen LogP) is 3.98. The summed E-state index contributed by atoms with van der Waals surface area (Å²) in [4.78, 5) is 10.7. The Bertz CT molecular complexity index is 532. The van der Waals surface area contributed by atoms with Crippen LogP contribution in [0.15, 0.2) is 18.2 Å². The van der Waals surface area contributed by atoms with Crippen LogP contribution in [0.1, 0.15) is 39.0 Å². The van der Waals surface area contributed by atoms with Crippen molar-refractivity contribution in [1.82, 2.24) is 0 Å². The molecule has 1 aromatic rings. The SMILES string of the molecule is CCCOc1cc(NC2CC3CCC2C3)cc([N+](=O)[O-])c1. The molecule has 3 atom stereocenters. The molecule has 0 amide bonds. The first-order chi connectivity index (χ1) is 10.2. The van der Waals surface area contributed by atoms with Gasteiger partial charge in [-0.05, 0) is 37.5 Å². The Morgan fingerprint density at radius 1 is 1.33 bits per heavy atom. The molecule has 21 heavy (non-hydrogen) atoms. The molecule has 3 rings (SSSR count). The van der Waals surface area contributed by atoms with Crippen molar-refractivity contribution in [2.24, 2.45) is 11.8 Å². The van der Waals surface area contributed by atoms with Crippen LogP contribution in [0.3, 0.4) is 0 Å². The van der Waals surface area contributed by atoms with Gasteiger partial charge in [-0.25, -0.2) is 0 Å². The number of hydrogen-bond donors (Lipinski definition) is 1. The summed E-state index contributed by atoms with van der Waals surface area (Å²) in [6.07, 6.45) is 6.03. The fourth-order valence-electron chi connectivity index (χ4n) is 3.71. The lowest BCUT2D eigenvalue weighted by molar-refractivity contribution is -0.384. The zero-order chi connectivity index (χ0) is 14.8. The molecule has 5 heteroatoms. The maximum atomic E-state index is 11.1. The van der Waals surface area contributed by atoms with Gasteiger partial charge in [-0.1, -0.05) is 13.3 Å². The Balaban J connectivity index is 1.76. The van der Waals surface area contributed by atoms with Crippen molar-refractivity contribution >= 4 is 11.4 Å². The van der Waals surface area contributed by atoms with Gasteiger partial charge in [-0.2, -0.15) is 0 Å². The third-order valence-corrected chi connectivity index (χ3v) is 4.67. The molecule has 2 fully saturated rings. The summed E-state index contributed by atoms with van der Waals surface area (Å²) in [5, 5.41) is 14.6. The molecule has 2 saturated carbocycles. The average molecular weight is 290 g/mol. The van der Waals surface area contributed by atoms with Gasteiger partial charge in [-0.3, -0.25) is 10.1 Å². The molecule has 1 aromatic carbocycles. The lowest BCUT2D eigenvalue weighted by Gasteiger charge is -2.24. The number of benzene rings is 1. The van der Waals surface area contributed by atoms with Crippen molar-refractivity contribution in [2.45, 2.75) is 45.1 Å². The van der Waals surface area contributed by atoms with E-state index in [2.05, 4.69) is 5.32 Å². The third-order valence-electron chi connectivity index (χ3n) is 4.67. The van der Waals surface area contributed by atoms with E-state index >= 15 is 0 Å². The second kappa shape index (κ2) is 5.92. The normalized spacial score (nSPS) is 26.8. The van der Waals surface area contributed by atoms with E-state index in [4.69, 9.17) is 4.74 Å². The number of nitro benzene ring substituents is 1. The molecular weight excluding hydrogens is 268 g/mol. The molecule has 0 saturated heterocycles. The van der Waals surface area contributed by atoms with Crippen molar-refractivity contribution in [3.8, 4) is 5.75 Å². The van der Waals surface area contributed by atoms with E-state index in [0.29, 0.717) is 18.4 Å². The van der Waals surface area contributed by atoms with Crippen LogP contribution in [0.4, 0.5) is 11.4 Å². The maximum Gasteiger partial charge on any atom is 0.275 e. The summed E-state index contributed by atoms with van der Waals surface area (Å²) in [5.41, 5.74) is 0.905. The monoisotopic (exact) mass is 290 g/mol. The van der Waals surface area contributed by atoms with Gasteiger partial charge in [0.2, 0.25) is 0 Å². The summed E-state index contributed by atoms with van der Waals surface area (Å²) in [5.74, 6) is 2.16. The number of anilines is 1. The highest BCUT2D eigenvalue weighted by molar-refractivity contribution is 5.57. The standard InChI is InChI=1S/C16H22N2O3/c1-2-5-21-15-9-13(8-14(10-15)18(19)20)17-16-7-11-3-4-12(16)6-11/h8-12,16-17H,2-7H2,1H3. The van der Waals surface area contributed by atoms with Crippen LogP contribution in [0.2, 0.25) is 0 Å². The first-order valence-corrected chi connectivity index (χ1v) is 7.84. The van der Waals surface area contributed by atoms with Crippen LogP contribution >= 0.6 is 0 Å². The smallest absolute Gasteiger partial charge is 0.275 e. The number of ether oxygens (including phenoxy) is 1. The van der Waals surface area contributed by atoms with Gasteiger partial charge in [0.05, 0.1) is 17.6 Å². The highest BCUT2D eigenvalue weighted by Crippen LogP contribution is 2.45. The largest absolute Gasteiger partial charge is 0.493 e. The molecule has 0 aromatic heterocycles. The van der Waals surface area contributed by atoms with E-state index in [1.165, 1.54) is 31.7 Å². The van der Waals surface area contributed by atoms with E-state index in [-0.39, 0.29) is 10.6 Å². The predicted molar refractivity (Wildman–Crippen MR) is 81.7 cm³/mol. The molecule has 2 aliphatic rings. The van der Waals surface area contributed by atoms with Crippen LogP contribution in [0.25, 0.3) is 0 Å². The molecule has 0 aliphatic heterocycles. The zero-order valence-electron chi connectivity index (χ0n) is 12.4. The second-order valence-corrected chi connectivity index (χ2v) is 6.25. The van der Waals surface area contributed by atoms with Gasteiger partial charge < -0.3 is 10.1 Å². The fourth-order valence-corrected chi connectivity index (χ4v) is 3.71. The quantitative estimate of drug-likeness (QED) is 0.635. The Kier molecular flexibility index (Phi) is 3.99.